The predicted molar refractivity (Wildman–Crippen MR) is 81.6 cm³/mol. The zero-order chi connectivity index (χ0) is 16.4. The number of anilines is 1. The zero-order valence-corrected chi connectivity index (χ0v) is 12.0. The first-order chi connectivity index (χ1) is 11.0. The molecule has 2 aromatic rings. The van der Waals surface area contributed by atoms with E-state index >= 15 is 0 Å². The highest BCUT2D eigenvalue weighted by Gasteiger charge is 2.36. The SMILES string of the molecule is O=C1C=NC(c2ccccc2)c2ccccc2N1CC(F)(F)F. The van der Waals surface area contributed by atoms with Crippen molar-refractivity contribution >= 4 is 17.8 Å². The van der Waals surface area contributed by atoms with Crippen LogP contribution in [0.25, 0.3) is 0 Å². The van der Waals surface area contributed by atoms with E-state index in [9.17, 15) is 18.0 Å². The standard InChI is InChI=1S/C17H13F3N2O/c18-17(19,20)11-22-14-9-5-4-8-13(14)16(21-10-15(22)23)12-6-2-1-3-7-12/h1-10,16H,11H2. The molecule has 1 heterocycles. The fourth-order valence-electron chi connectivity index (χ4n) is 2.61. The van der Waals surface area contributed by atoms with Crippen LogP contribution in [0.5, 0.6) is 0 Å². The summed E-state index contributed by atoms with van der Waals surface area (Å²) < 4.78 is 38.5. The average Bonchev–Trinajstić information content (AvgIpc) is 2.65. The van der Waals surface area contributed by atoms with E-state index < -0.39 is 24.7 Å². The Labute approximate surface area is 131 Å². The monoisotopic (exact) mass is 318 g/mol. The number of para-hydroxylation sites is 1. The van der Waals surface area contributed by atoms with Crippen LogP contribution in [-0.4, -0.2) is 24.8 Å². The lowest BCUT2D eigenvalue weighted by Crippen LogP contribution is -2.39. The Bertz CT molecular complexity index is 741. The number of nitrogens with zero attached hydrogens (tertiary/aromatic N) is 2. The number of hydrogen-bond donors (Lipinski definition) is 0. The normalized spacial score (nSPS) is 17.8. The molecule has 6 heteroatoms. The smallest absolute Gasteiger partial charge is 0.298 e. The average molecular weight is 318 g/mol. The van der Waals surface area contributed by atoms with Crippen molar-refractivity contribution in [3.05, 3.63) is 65.7 Å². The van der Waals surface area contributed by atoms with Crippen LogP contribution in [0.2, 0.25) is 0 Å². The third kappa shape index (κ3) is 3.26. The van der Waals surface area contributed by atoms with E-state index in [2.05, 4.69) is 4.99 Å². The Morgan fingerprint density at radius 2 is 1.65 bits per heavy atom. The van der Waals surface area contributed by atoms with Gasteiger partial charge in [0.25, 0.3) is 5.91 Å². The first-order valence-electron chi connectivity index (χ1n) is 7.01. The maximum Gasteiger partial charge on any atom is 0.406 e. The third-order valence-electron chi connectivity index (χ3n) is 3.57. The van der Waals surface area contributed by atoms with Crippen LogP contribution in [0, 0.1) is 0 Å². The first-order valence-corrected chi connectivity index (χ1v) is 7.01. The second kappa shape index (κ2) is 5.87. The molecule has 1 amide bonds. The zero-order valence-electron chi connectivity index (χ0n) is 12.0. The molecule has 118 valence electrons. The van der Waals surface area contributed by atoms with Gasteiger partial charge in [-0.15, -0.1) is 0 Å². The molecule has 1 aliphatic rings. The highest BCUT2D eigenvalue weighted by Crippen LogP contribution is 2.36. The Hall–Kier alpha value is -2.63. The van der Waals surface area contributed by atoms with E-state index in [4.69, 9.17) is 0 Å². The number of benzene rings is 2. The molecule has 3 rings (SSSR count). The van der Waals surface area contributed by atoms with E-state index in [1.165, 1.54) is 6.07 Å². The van der Waals surface area contributed by atoms with Gasteiger partial charge in [-0.3, -0.25) is 14.7 Å². The lowest BCUT2D eigenvalue weighted by molar-refractivity contribution is -0.128. The molecule has 0 spiro atoms. The third-order valence-corrected chi connectivity index (χ3v) is 3.57. The number of amides is 1. The van der Waals surface area contributed by atoms with Crippen LogP contribution in [0.4, 0.5) is 18.9 Å². The van der Waals surface area contributed by atoms with Gasteiger partial charge in [-0.25, -0.2) is 0 Å². The number of carbonyl (C=O) groups is 1. The van der Waals surface area contributed by atoms with Crippen LogP contribution in [0.3, 0.4) is 0 Å². The maximum absolute atomic E-state index is 12.8. The largest absolute Gasteiger partial charge is 0.406 e. The lowest BCUT2D eigenvalue weighted by Gasteiger charge is -2.24. The molecule has 0 saturated carbocycles. The summed E-state index contributed by atoms with van der Waals surface area (Å²) in [4.78, 5) is 17.0. The molecule has 0 N–H and O–H groups in total. The molecule has 1 unspecified atom stereocenters. The van der Waals surface area contributed by atoms with Crippen LogP contribution >= 0.6 is 0 Å². The minimum atomic E-state index is -4.48. The second-order valence-corrected chi connectivity index (χ2v) is 5.19. The van der Waals surface area contributed by atoms with Crippen molar-refractivity contribution in [3.63, 3.8) is 0 Å². The molecular weight excluding hydrogens is 305 g/mol. The van der Waals surface area contributed by atoms with Gasteiger partial charge < -0.3 is 0 Å². The number of fused-ring (bicyclic) bond motifs is 1. The van der Waals surface area contributed by atoms with Crippen molar-refractivity contribution in [2.24, 2.45) is 4.99 Å². The quantitative estimate of drug-likeness (QED) is 0.830. The van der Waals surface area contributed by atoms with Crippen molar-refractivity contribution in [2.75, 3.05) is 11.4 Å². The van der Waals surface area contributed by atoms with Crippen LogP contribution < -0.4 is 4.90 Å². The van der Waals surface area contributed by atoms with Crippen molar-refractivity contribution in [3.8, 4) is 0 Å². The maximum atomic E-state index is 12.8. The Balaban J connectivity index is 2.11. The van der Waals surface area contributed by atoms with Crippen LogP contribution in [-0.2, 0) is 4.79 Å². The number of carbonyl (C=O) groups excluding carboxylic acids is 1. The Morgan fingerprint density at radius 1 is 1.00 bits per heavy atom. The molecule has 3 nitrogen and oxygen atoms in total. The molecule has 0 aliphatic carbocycles. The summed E-state index contributed by atoms with van der Waals surface area (Å²) in [6.07, 6.45) is -3.51. The number of rotatable bonds is 2. The van der Waals surface area contributed by atoms with Gasteiger partial charge >= 0.3 is 6.18 Å². The van der Waals surface area contributed by atoms with Gasteiger partial charge in [0.2, 0.25) is 0 Å². The van der Waals surface area contributed by atoms with E-state index in [1.807, 2.05) is 30.3 Å². The topological polar surface area (TPSA) is 32.7 Å². The van der Waals surface area contributed by atoms with E-state index in [0.717, 1.165) is 16.7 Å². The van der Waals surface area contributed by atoms with E-state index in [-0.39, 0.29) is 5.69 Å². The van der Waals surface area contributed by atoms with Gasteiger partial charge in [0, 0.05) is 5.56 Å². The van der Waals surface area contributed by atoms with Gasteiger partial charge in [-0.1, -0.05) is 48.5 Å². The van der Waals surface area contributed by atoms with Gasteiger partial charge in [0.05, 0.1) is 11.9 Å². The molecule has 0 aromatic heterocycles. The number of alkyl halides is 3. The molecule has 1 atom stereocenters. The first kappa shape index (κ1) is 15.3. The summed E-state index contributed by atoms with van der Waals surface area (Å²) in [5.41, 5.74) is 1.63. The molecular formula is C17H13F3N2O. The fraction of sp³-hybridized carbons (Fsp3) is 0.176. The van der Waals surface area contributed by atoms with Gasteiger partial charge in [0.1, 0.15) is 12.6 Å². The number of halogens is 3. The van der Waals surface area contributed by atoms with Crippen molar-refractivity contribution in [1.29, 1.82) is 0 Å². The number of hydrogen-bond acceptors (Lipinski definition) is 2. The molecule has 2 aromatic carbocycles. The van der Waals surface area contributed by atoms with Gasteiger partial charge in [-0.2, -0.15) is 13.2 Å². The summed E-state index contributed by atoms with van der Waals surface area (Å²) in [5, 5.41) is 0. The molecule has 0 bridgehead atoms. The van der Waals surface area contributed by atoms with Crippen LogP contribution in [0.1, 0.15) is 17.2 Å². The minimum Gasteiger partial charge on any atom is -0.298 e. The summed E-state index contributed by atoms with van der Waals surface area (Å²) in [6, 6.07) is 15.2. The highest BCUT2D eigenvalue weighted by atomic mass is 19.4. The summed E-state index contributed by atoms with van der Waals surface area (Å²) in [7, 11) is 0. The van der Waals surface area contributed by atoms with Crippen molar-refractivity contribution in [1.82, 2.24) is 0 Å². The van der Waals surface area contributed by atoms with Crippen LogP contribution in [0.15, 0.2) is 59.6 Å². The van der Waals surface area contributed by atoms with Gasteiger partial charge in [-0.05, 0) is 11.6 Å². The molecule has 0 fully saturated rings. The van der Waals surface area contributed by atoms with Gasteiger partial charge in [0.15, 0.2) is 0 Å². The Kier molecular flexibility index (Phi) is 3.90. The van der Waals surface area contributed by atoms with Crippen molar-refractivity contribution in [2.45, 2.75) is 12.2 Å². The summed E-state index contributed by atoms with van der Waals surface area (Å²) in [5.74, 6) is -0.770. The summed E-state index contributed by atoms with van der Waals surface area (Å²) >= 11 is 0. The molecule has 1 aliphatic heterocycles. The Morgan fingerprint density at radius 3 is 2.35 bits per heavy atom. The molecule has 0 radical (unpaired) electrons. The second-order valence-electron chi connectivity index (χ2n) is 5.19. The molecule has 0 saturated heterocycles. The highest BCUT2D eigenvalue weighted by molar-refractivity contribution is 6.33. The number of aliphatic imine (C=N–C) groups is 1. The van der Waals surface area contributed by atoms with Crippen molar-refractivity contribution < 1.29 is 18.0 Å². The predicted octanol–water partition coefficient (Wildman–Crippen LogP) is 3.76. The lowest BCUT2D eigenvalue weighted by atomic mass is 9.97. The van der Waals surface area contributed by atoms with E-state index in [0.29, 0.717) is 5.56 Å². The summed E-state index contributed by atoms with van der Waals surface area (Å²) in [6.45, 7) is -1.34. The fourth-order valence-corrected chi connectivity index (χ4v) is 2.61. The van der Waals surface area contributed by atoms with E-state index in [1.54, 1.807) is 18.2 Å². The minimum absolute atomic E-state index is 0.237. The molecule has 23 heavy (non-hydrogen) atoms.